The van der Waals surface area contributed by atoms with Gasteiger partial charge in [0.2, 0.25) is 0 Å². The van der Waals surface area contributed by atoms with Crippen LogP contribution >= 0.6 is 0 Å². The topological polar surface area (TPSA) is 67.9 Å². The van der Waals surface area contributed by atoms with Crippen molar-refractivity contribution in [1.29, 1.82) is 0 Å². The summed E-state index contributed by atoms with van der Waals surface area (Å²) < 4.78 is 12.6. The quantitative estimate of drug-likeness (QED) is 0.361. The fraction of sp³-hybridized carbons (Fsp3) is 0.259. The maximum atomic E-state index is 12.5. The maximum absolute atomic E-state index is 12.5. The summed E-state index contributed by atoms with van der Waals surface area (Å²) in [4.78, 5) is 26.3. The van der Waals surface area contributed by atoms with Gasteiger partial charge in [0.1, 0.15) is 5.75 Å². The monoisotopic (exact) mass is 520 g/mol. The molecule has 0 radical (unpaired) electrons. The predicted molar refractivity (Wildman–Crippen MR) is 136 cm³/mol. The van der Waals surface area contributed by atoms with Crippen LogP contribution < -0.4 is 14.4 Å². The molecular formula is C27H29AsN2O4. The van der Waals surface area contributed by atoms with E-state index < -0.39 is 0 Å². The number of nitrogens with zero attached hydrogens (tertiary/aromatic N) is 1. The van der Waals surface area contributed by atoms with Gasteiger partial charge in [-0.15, -0.1) is 0 Å². The number of amides is 1. The van der Waals surface area contributed by atoms with Crippen molar-refractivity contribution < 1.29 is 19.1 Å². The number of piperidine rings is 1. The van der Waals surface area contributed by atoms with Gasteiger partial charge in [-0.3, -0.25) is 0 Å². The average molecular weight is 520 g/mol. The number of likely N-dealkylation sites (tertiary alicyclic amines) is 1. The minimum absolute atomic E-state index is 0.00426. The van der Waals surface area contributed by atoms with Crippen LogP contribution in [-0.2, 0) is 9.53 Å². The number of esters is 1. The number of hydrogen-bond donors (Lipinski definition) is 1. The van der Waals surface area contributed by atoms with E-state index in [4.69, 9.17) is 9.47 Å². The Morgan fingerprint density at radius 2 is 1.56 bits per heavy atom. The Morgan fingerprint density at radius 3 is 2.21 bits per heavy atom. The molecule has 0 saturated carbocycles. The standard InChI is InChI=1S/C27H29AsN2O4/c1-33-27(32)20-7-9-21(10-8-20)28-22-15-17-30(18-16-22)19-26(31)29-23-11-13-25(14-12-23)34-24-5-3-2-4-6-24/h2-14,22,28H,15-19H2,1H3,(H,29,31). The van der Waals surface area contributed by atoms with Gasteiger partial charge in [0.15, 0.2) is 0 Å². The van der Waals surface area contributed by atoms with Crippen molar-refractivity contribution in [3.63, 3.8) is 0 Å². The number of nitrogens with one attached hydrogen (secondary N) is 1. The van der Waals surface area contributed by atoms with E-state index in [9.17, 15) is 9.59 Å². The normalized spacial score (nSPS) is 14.7. The van der Waals surface area contributed by atoms with Crippen molar-refractivity contribution in [2.45, 2.75) is 17.5 Å². The third-order valence-corrected chi connectivity index (χ3v) is 9.22. The average Bonchev–Trinajstić information content (AvgIpc) is 2.87. The van der Waals surface area contributed by atoms with Gasteiger partial charge in [0, 0.05) is 0 Å². The Labute approximate surface area is 206 Å². The number of anilines is 1. The zero-order valence-corrected chi connectivity index (χ0v) is 21.3. The first-order chi connectivity index (χ1) is 16.6. The van der Waals surface area contributed by atoms with Gasteiger partial charge < -0.3 is 0 Å². The Morgan fingerprint density at radius 1 is 0.912 bits per heavy atom. The molecule has 176 valence electrons. The van der Waals surface area contributed by atoms with E-state index in [1.54, 1.807) is 0 Å². The zero-order chi connectivity index (χ0) is 23.8. The summed E-state index contributed by atoms with van der Waals surface area (Å²) in [5.41, 5.74) is 1.36. The summed E-state index contributed by atoms with van der Waals surface area (Å²) in [5, 5.41) is 2.98. The van der Waals surface area contributed by atoms with E-state index in [1.165, 1.54) is 11.5 Å². The van der Waals surface area contributed by atoms with Crippen molar-refractivity contribution >= 4 is 37.7 Å². The van der Waals surface area contributed by atoms with Gasteiger partial charge in [0.25, 0.3) is 0 Å². The molecule has 1 amide bonds. The second kappa shape index (κ2) is 11.9. The van der Waals surface area contributed by atoms with Crippen LogP contribution in [0.2, 0.25) is 4.71 Å². The van der Waals surface area contributed by atoms with E-state index in [0.717, 1.165) is 43.1 Å². The molecule has 3 aromatic rings. The van der Waals surface area contributed by atoms with Gasteiger partial charge in [-0.05, 0) is 12.1 Å². The van der Waals surface area contributed by atoms with Crippen LogP contribution in [-0.4, -0.2) is 59.3 Å². The Bertz CT molecular complexity index is 1080. The summed E-state index contributed by atoms with van der Waals surface area (Å²) in [5.74, 6) is 1.22. The Hall–Kier alpha value is -3.08. The van der Waals surface area contributed by atoms with Crippen molar-refractivity contribution in [3.8, 4) is 11.5 Å². The van der Waals surface area contributed by atoms with Crippen molar-refractivity contribution in [2.24, 2.45) is 0 Å². The number of carbonyl (C=O) groups is 2. The van der Waals surface area contributed by atoms with Crippen LogP contribution in [0.1, 0.15) is 23.2 Å². The second-order valence-corrected chi connectivity index (χ2v) is 11.8. The molecule has 1 heterocycles. The predicted octanol–water partition coefficient (Wildman–Crippen LogP) is 3.85. The van der Waals surface area contributed by atoms with E-state index >= 15 is 0 Å². The van der Waals surface area contributed by atoms with Gasteiger partial charge in [-0.1, -0.05) is 18.2 Å². The third kappa shape index (κ3) is 6.96. The fourth-order valence-electron chi connectivity index (χ4n) is 3.93. The number of hydrogen-bond acceptors (Lipinski definition) is 5. The first kappa shape index (κ1) is 24.1. The van der Waals surface area contributed by atoms with Gasteiger partial charge >= 0.3 is 171 Å². The molecule has 1 aliphatic heterocycles. The van der Waals surface area contributed by atoms with Crippen LogP contribution in [0.5, 0.6) is 11.5 Å². The molecule has 4 rings (SSSR count). The van der Waals surface area contributed by atoms with Crippen LogP contribution in [0.3, 0.4) is 0 Å². The van der Waals surface area contributed by atoms with E-state index in [0.29, 0.717) is 16.8 Å². The summed E-state index contributed by atoms with van der Waals surface area (Å²) in [6, 6.07) is 24.9. The van der Waals surface area contributed by atoms with Crippen LogP contribution in [0.15, 0.2) is 78.9 Å². The van der Waals surface area contributed by atoms with Crippen molar-refractivity contribution in [2.75, 3.05) is 32.1 Å². The molecule has 0 spiro atoms. The van der Waals surface area contributed by atoms with E-state index in [-0.39, 0.29) is 27.6 Å². The number of rotatable bonds is 8. The number of methoxy groups -OCH3 is 1. The molecule has 1 N–H and O–H groups in total. The molecule has 1 unspecified atom stereocenters. The first-order valence-electron chi connectivity index (χ1n) is 11.4. The number of carbonyl (C=O) groups excluding carboxylic acids is 2. The summed E-state index contributed by atoms with van der Waals surface area (Å²) in [6.07, 6.45) is 2.22. The third-order valence-electron chi connectivity index (χ3n) is 5.75. The SMILES string of the molecule is COC(=O)c1ccc([AsH]C2CCN(CC(=O)Nc3ccc(Oc4ccccc4)cc3)CC2)cc1. The van der Waals surface area contributed by atoms with Gasteiger partial charge in [-0.2, -0.15) is 0 Å². The molecule has 1 saturated heterocycles. The first-order valence-corrected chi connectivity index (χ1v) is 13.7. The molecule has 0 aromatic heterocycles. The Balaban J connectivity index is 1.19. The van der Waals surface area contributed by atoms with Crippen molar-refractivity contribution in [3.05, 3.63) is 84.4 Å². The van der Waals surface area contributed by atoms with Crippen LogP contribution in [0, 0.1) is 0 Å². The number of ether oxygens (including phenoxy) is 2. The molecule has 7 heteroatoms. The van der Waals surface area contributed by atoms with Gasteiger partial charge in [-0.25, -0.2) is 0 Å². The number of benzene rings is 3. The molecule has 0 aliphatic carbocycles. The molecule has 1 aliphatic rings. The van der Waals surface area contributed by atoms with Crippen LogP contribution in [0.25, 0.3) is 0 Å². The summed E-state index contributed by atoms with van der Waals surface area (Å²) in [6.45, 7) is 2.28. The molecule has 34 heavy (non-hydrogen) atoms. The van der Waals surface area contributed by atoms with Crippen LogP contribution in [0.4, 0.5) is 5.69 Å². The van der Waals surface area contributed by atoms with E-state index in [2.05, 4.69) is 22.3 Å². The van der Waals surface area contributed by atoms with Gasteiger partial charge in [0.05, 0.1) is 0 Å². The summed E-state index contributed by atoms with van der Waals surface area (Å²) in [7, 11) is 1.40. The minimum atomic E-state index is -0.297. The molecule has 1 atom stereocenters. The molecule has 6 nitrogen and oxygen atoms in total. The molecule has 0 bridgehead atoms. The Kier molecular flexibility index (Phi) is 8.40. The molecular weight excluding hydrogens is 491 g/mol. The molecule has 1 fully saturated rings. The second-order valence-electron chi connectivity index (χ2n) is 8.25. The van der Waals surface area contributed by atoms with Crippen molar-refractivity contribution in [1.82, 2.24) is 4.90 Å². The zero-order valence-electron chi connectivity index (χ0n) is 19.2. The fourth-order valence-corrected chi connectivity index (χ4v) is 6.82. The molecule has 3 aromatic carbocycles. The summed E-state index contributed by atoms with van der Waals surface area (Å²) >= 11 is -0.278. The number of para-hydroxylation sites is 1. The van der Waals surface area contributed by atoms with E-state index in [1.807, 2.05) is 66.7 Å².